The molecule has 1 heterocycles. The molecule has 2 N–H and O–H groups in total. The number of amidine groups is 2. The van der Waals surface area contributed by atoms with E-state index in [0.29, 0.717) is 11.7 Å². The maximum atomic E-state index is 8.06. The highest BCUT2D eigenvalue weighted by Gasteiger charge is 2.11. The van der Waals surface area contributed by atoms with Crippen LogP contribution in [0.15, 0.2) is 36.4 Å². The first-order chi connectivity index (χ1) is 12.9. The van der Waals surface area contributed by atoms with Gasteiger partial charge < -0.3 is 9.80 Å². The largest absolute Gasteiger partial charge is 0.367 e. The molecule has 0 saturated carbocycles. The predicted molar refractivity (Wildman–Crippen MR) is 119 cm³/mol. The minimum absolute atomic E-state index is 0.663. The van der Waals surface area contributed by atoms with Crippen molar-refractivity contribution in [2.75, 3.05) is 28.2 Å². The number of nitrogens with one attached hydrogen (secondary N) is 2. The molecule has 0 spiro atoms. The Morgan fingerprint density at radius 2 is 1.52 bits per heavy atom. The third kappa shape index (κ3) is 4.30. The Morgan fingerprint density at radius 1 is 0.852 bits per heavy atom. The zero-order valence-corrected chi connectivity index (χ0v) is 17.4. The lowest BCUT2D eigenvalue weighted by atomic mass is 10.0. The number of rotatable bonds is 6. The molecule has 0 aliphatic rings. The molecule has 0 amide bonds. The number of aryl methyl sites for hydroxylation is 2. The Balaban J connectivity index is 1.88. The second-order valence-corrected chi connectivity index (χ2v) is 8.46. The highest BCUT2D eigenvalue weighted by molar-refractivity contribution is 7.26. The van der Waals surface area contributed by atoms with Gasteiger partial charge in [-0.05, 0) is 36.1 Å². The van der Waals surface area contributed by atoms with Crippen molar-refractivity contribution in [2.24, 2.45) is 0 Å². The van der Waals surface area contributed by atoms with Crippen LogP contribution in [0.2, 0.25) is 0 Å². The topological polar surface area (TPSA) is 54.2 Å². The van der Waals surface area contributed by atoms with Crippen molar-refractivity contribution in [2.45, 2.75) is 25.7 Å². The molecule has 5 heteroatoms. The summed E-state index contributed by atoms with van der Waals surface area (Å²) in [5, 5.41) is 18.7. The van der Waals surface area contributed by atoms with Gasteiger partial charge in [-0.2, -0.15) is 0 Å². The summed E-state index contributed by atoms with van der Waals surface area (Å²) in [6, 6.07) is 13.3. The fourth-order valence-corrected chi connectivity index (χ4v) is 4.44. The van der Waals surface area contributed by atoms with E-state index in [2.05, 4.69) is 36.4 Å². The maximum absolute atomic E-state index is 8.06. The Hall–Kier alpha value is -2.40. The molecule has 0 radical (unpaired) electrons. The lowest BCUT2D eigenvalue weighted by Crippen LogP contribution is -2.21. The standard InChI is InChI=1S/C22H28N4S/c1-25(2)20(23)12-9-15-8-11-19-18(14-15)17-7-5-6-16(22(17)27-19)10-13-21(24)26(3)4/h5-8,11,14,23-24H,9-10,12-13H2,1-4H3. The molecule has 142 valence electrons. The van der Waals surface area contributed by atoms with Crippen LogP contribution in [0.5, 0.6) is 0 Å². The molecule has 4 nitrogen and oxygen atoms in total. The fraction of sp³-hybridized carbons (Fsp3) is 0.364. The third-order valence-corrected chi connectivity index (χ3v) is 6.27. The van der Waals surface area contributed by atoms with Crippen LogP contribution in [0.4, 0.5) is 0 Å². The second-order valence-electron chi connectivity index (χ2n) is 7.41. The van der Waals surface area contributed by atoms with Gasteiger partial charge in [0.15, 0.2) is 0 Å². The normalized spacial score (nSPS) is 11.1. The van der Waals surface area contributed by atoms with Gasteiger partial charge in [0.05, 0.1) is 11.7 Å². The molecular formula is C22H28N4S. The first kappa shape index (κ1) is 19.4. The Labute approximate surface area is 165 Å². The summed E-state index contributed by atoms with van der Waals surface area (Å²) in [6.45, 7) is 0. The van der Waals surface area contributed by atoms with E-state index in [1.165, 1.54) is 31.3 Å². The SMILES string of the molecule is CN(C)C(=N)CCc1ccc2sc3c(CCC(=N)N(C)C)cccc3c2c1. The zero-order chi connectivity index (χ0) is 19.6. The van der Waals surface area contributed by atoms with Gasteiger partial charge in [-0.1, -0.05) is 24.3 Å². The summed E-state index contributed by atoms with van der Waals surface area (Å²) in [5.41, 5.74) is 2.62. The van der Waals surface area contributed by atoms with Crippen LogP contribution in [0, 0.1) is 10.8 Å². The van der Waals surface area contributed by atoms with Crippen LogP contribution in [0.3, 0.4) is 0 Å². The summed E-state index contributed by atoms with van der Waals surface area (Å²) in [7, 11) is 7.71. The minimum atomic E-state index is 0.663. The Morgan fingerprint density at radius 3 is 2.19 bits per heavy atom. The van der Waals surface area contributed by atoms with Gasteiger partial charge in [0.25, 0.3) is 0 Å². The molecule has 0 atom stereocenters. The predicted octanol–water partition coefficient (Wildman–Crippen LogP) is 5.00. The Bertz CT molecular complexity index is 985. The average Bonchev–Trinajstić information content (AvgIpc) is 3.02. The van der Waals surface area contributed by atoms with Crippen molar-refractivity contribution in [1.29, 1.82) is 10.8 Å². The van der Waals surface area contributed by atoms with Crippen molar-refractivity contribution in [3.8, 4) is 0 Å². The molecule has 0 fully saturated rings. The molecule has 3 rings (SSSR count). The molecule has 0 aliphatic carbocycles. The molecule has 0 aliphatic heterocycles. The van der Waals surface area contributed by atoms with Gasteiger partial charge in [-0.25, -0.2) is 0 Å². The number of thiophene rings is 1. The van der Waals surface area contributed by atoms with Gasteiger partial charge >= 0.3 is 0 Å². The highest BCUT2D eigenvalue weighted by Crippen LogP contribution is 2.37. The van der Waals surface area contributed by atoms with Gasteiger partial charge in [0, 0.05) is 61.2 Å². The van der Waals surface area contributed by atoms with E-state index in [-0.39, 0.29) is 0 Å². The van der Waals surface area contributed by atoms with Crippen molar-refractivity contribution in [1.82, 2.24) is 9.80 Å². The summed E-state index contributed by atoms with van der Waals surface area (Å²) in [6.07, 6.45) is 3.31. The minimum Gasteiger partial charge on any atom is -0.367 e. The fourth-order valence-electron chi connectivity index (χ4n) is 3.22. The smallest absolute Gasteiger partial charge is 0.0955 e. The first-order valence-electron chi connectivity index (χ1n) is 9.29. The zero-order valence-electron chi connectivity index (χ0n) is 16.6. The third-order valence-electron chi connectivity index (χ3n) is 5.00. The van der Waals surface area contributed by atoms with E-state index in [0.717, 1.165) is 25.7 Å². The molecule has 0 bridgehead atoms. The molecule has 1 aromatic heterocycles. The van der Waals surface area contributed by atoms with Crippen LogP contribution in [0.25, 0.3) is 20.2 Å². The van der Waals surface area contributed by atoms with Gasteiger partial charge in [-0.15, -0.1) is 11.3 Å². The quantitative estimate of drug-likeness (QED) is 0.467. The van der Waals surface area contributed by atoms with Gasteiger partial charge in [-0.3, -0.25) is 10.8 Å². The van der Waals surface area contributed by atoms with Crippen LogP contribution in [-0.4, -0.2) is 49.7 Å². The van der Waals surface area contributed by atoms with E-state index in [4.69, 9.17) is 10.8 Å². The number of hydrogen-bond donors (Lipinski definition) is 2. The molecule has 3 aromatic rings. The van der Waals surface area contributed by atoms with E-state index in [1.807, 2.05) is 49.3 Å². The molecule has 0 unspecified atom stereocenters. The van der Waals surface area contributed by atoms with E-state index >= 15 is 0 Å². The van der Waals surface area contributed by atoms with Crippen molar-refractivity contribution >= 4 is 43.2 Å². The van der Waals surface area contributed by atoms with Crippen molar-refractivity contribution in [3.63, 3.8) is 0 Å². The number of hydrogen-bond acceptors (Lipinski definition) is 3. The van der Waals surface area contributed by atoms with Gasteiger partial charge in [0.1, 0.15) is 0 Å². The number of fused-ring (bicyclic) bond motifs is 3. The summed E-state index contributed by atoms with van der Waals surface area (Å²) in [4.78, 5) is 3.75. The average molecular weight is 381 g/mol. The Kier molecular flexibility index (Phi) is 5.80. The van der Waals surface area contributed by atoms with Crippen molar-refractivity contribution in [3.05, 3.63) is 47.5 Å². The summed E-state index contributed by atoms with van der Waals surface area (Å²) < 4.78 is 2.66. The molecule has 0 saturated heterocycles. The van der Waals surface area contributed by atoms with E-state index in [9.17, 15) is 0 Å². The highest BCUT2D eigenvalue weighted by atomic mass is 32.1. The van der Waals surface area contributed by atoms with Gasteiger partial charge in [0.2, 0.25) is 0 Å². The van der Waals surface area contributed by atoms with Crippen molar-refractivity contribution < 1.29 is 0 Å². The van der Waals surface area contributed by atoms with E-state index < -0.39 is 0 Å². The first-order valence-corrected chi connectivity index (χ1v) is 10.1. The van der Waals surface area contributed by atoms with E-state index in [1.54, 1.807) is 0 Å². The maximum Gasteiger partial charge on any atom is 0.0955 e. The molecule has 2 aromatic carbocycles. The monoisotopic (exact) mass is 380 g/mol. The summed E-state index contributed by atoms with van der Waals surface area (Å²) >= 11 is 1.85. The number of benzene rings is 2. The molecular weight excluding hydrogens is 352 g/mol. The summed E-state index contributed by atoms with van der Waals surface area (Å²) in [5.74, 6) is 1.33. The lowest BCUT2D eigenvalue weighted by molar-refractivity contribution is 0.597. The lowest BCUT2D eigenvalue weighted by Gasteiger charge is -2.13. The second kappa shape index (κ2) is 8.09. The molecule has 27 heavy (non-hydrogen) atoms. The van der Waals surface area contributed by atoms with Crippen LogP contribution in [-0.2, 0) is 12.8 Å². The van der Waals surface area contributed by atoms with Crippen LogP contribution >= 0.6 is 11.3 Å². The van der Waals surface area contributed by atoms with Crippen LogP contribution < -0.4 is 0 Å². The van der Waals surface area contributed by atoms with Crippen LogP contribution in [0.1, 0.15) is 24.0 Å². The number of nitrogens with zero attached hydrogens (tertiary/aromatic N) is 2.